The molecule has 164 valence electrons. The number of carbonyl (C=O) groups is 2. The number of aliphatic hydroxyl groups excluding tert-OH is 1. The molecule has 0 saturated carbocycles. The highest BCUT2D eigenvalue weighted by Gasteiger charge is 2.43. The summed E-state index contributed by atoms with van der Waals surface area (Å²) in [5, 5.41) is 10.7. The Bertz CT molecular complexity index is 948. The molecular weight excluding hydrogens is 390 g/mol. The number of carbonyl (C=O) groups excluding carboxylic acids is 2. The Morgan fingerprint density at radius 1 is 1.16 bits per heavy atom. The van der Waals surface area contributed by atoms with E-state index in [4.69, 9.17) is 0 Å². The highest BCUT2D eigenvalue weighted by Crippen LogP contribution is 2.40. The first-order chi connectivity index (χ1) is 14.9. The van der Waals surface area contributed by atoms with Crippen LogP contribution in [-0.4, -0.2) is 39.8 Å². The van der Waals surface area contributed by atoms with E-state index in [0.717, 1.165) is 29.9 Å². The van der Waals surface area contributed by atoms with Crippen molar-refractivity contribution in [3.8, 4) is 0 Å². The number of pyridine rings is 1. The number of amides is 1. The van der Waals surface area contributed by atoms with Gasteiger partial charge in [-0.05, 0) is 49.1 Å². The van der Waals surface area contributed by atoms with Crippen molar-refractivity contribution in [2.75, 3.05) is 18.0 Å². The van der Waals surface area contributed by atoms with Gasteiger partial charge in [0, 0.05) is 44.1 Å². The molecule has 6 nitrogen and oxygen atoms in total. The molecule has 2 heterocycles. The predicted octanol–water partition coefficient (Wildman–Crippen LogP) is 4.44. The largest absolute Gasteiger partial charge is 0.503 e. The van der Waals surface area contributed by atoms with Gasteiger partial charge in [0.1, 0.15) is 0 Å². The smallest absolute Gasteiger partial charge is 0.290 e. The van der Waals surface area contributed by atoms with Crippen molar-refractivity contribution < 1.29 is 14.7 Å². The Kier molecular flexibility index (Phi) is 7.10. The minimum atomic E-state index is -0.621. The van der Waals surface area contributed by atoms with Gasteiger partial charge in [-0.2, -0.15) is 0 Å². The maximum atomic E-state index is 13.0. The van der Waals surface area contributed by atoms with Crippen molar-refractivity contribution in [3.63, 3.8) is 0 Å². The van der Waals surface area contributed by atoms with E-state index in [-0.39, 0.29) is 30.2 Å². The molecule has 1 unspecified atom stereocenters. The zero-order valence-electron chi connectivity index (χ0n) is 18.7. The van der Waals surface area contributed by atoms with Crippen molar-refractivity contribution in [2.24, 2.45) is 5.92 Å². The average molecular weight is 422 g/mol. The van der Waals surface area contributed by atoms with Crippen LogP contribution in [0.1, 0.15) is 51.3 Å². The Hall–Kier alpha value is -3.15. The Morgan fingerprint density at radius 3 is 2.39 bits per heavy atom. The van der Waals surface area contributed by atoms with Crippen molar-refractivity contribution in [1.29, 1.82) is 0 Å². The molecule has 0 fully saturated rings. The lowest BCUT2D eigenvalue weighted by atomic mass is 9.92. The molecule has 0 spiro atoms. The summed E-state index contributed by atoms with van der Waals surface area (Å²) in [6.07, 6.45) is 3.65. The number of rotatable bonds is 9. The number of nitrogens with zero attached hydrogens (tertiary/aromatic N) is 3. The van der Waals surface area contributed by atoms with Crippen LogP contribution in [0.4, 0.5) is 5.69 Å². The summed E-state index contributed by atoms with van der Waals surface area (Å²) >= 11 is 0. The first-order valence-corrected chi connectivity index (χ1v) is 10.9. The van der Waals surface area contributed by atoms with Crippen LogP contribution in [0.15, 0.2) is 60.1 Å². The molecule has 1 aromatic heterocycles. The van der Waals surface area contributed by atoms with Gasteiger partial charge in [0.05, 0.1) is 11.6 Å². The third-order valence-electron chi connectivity index (χ3n) is 5.61. The molecule has 0 aliphatic carbocycles. The van der Waals surface area contributed by atoms with Crippen LogP contribution in [0.25, 0.3) is 0 Å². The van der Waals surface area contributed by atoms with Gasteiger partial charge in [-0.25, -0.2) is 0 Å². The summed E-state index contributed by atoms with van der Waals surface area (Å²) in [6.45, 7) is 10.2. The second-order valence-electron chi connectivity index (χ2n) is 8.24. The van der Waals surface area contributed by atoms with E-state index in [9.17, 15) is 14.7 Å². The number of aromatic nitrogens is 1. The summed E-state index contributed by atoms with van der Waals surface area (Å²) in [5.41, 5.74) is 2.92. The molecule has 3 rings (SSSR count). The van der Waals surface area contributed by atoms with Crippen molar-refractivity contribution in [3.05, 3.63) is 71.3 Å². The van der Waals surface area contributed by atoms with Gasteiger partial charge in [0.2, 0.25) is 0 Å². The first-order valence-electron chi connectivity index (χ1n) is 10.9. The number of aliphatic hydroxyl groups is 1. The highest BCUT2D eigenvalue weighted by atomic mass is 16.3. The van der Waals surface area contributed by atoms with Crippen LogP contribution >= 0.6 is 0 Å². The lowest BCUT2D eigenvalue weighted by Gasteiger charge is -2.28. The van der Waals surface area contributed by atoms with Gasteiger partial charge in [-0.3, -0.25) is 14.6 Å². The molecule has 0 radical (unpaired) electrons. The third kappa shape index (κ3) is 4.79. The molecule has 1 aliphatic rings. The Balaban J connectivity index is 2.02. The topological polar surface area (TPSA) is 73.7 Å². The Morgan fingerprint density at radius 2 is 1.84 bits per heavy atom. The predicted molar refractivity (Wildman–Crippen MR) is 122 cm³/mol. The monoisotopic (exact) mass is 421 g/mol. The van der Waals surface area contributed by atoms with Gasteiger partial charge in [0.25, 0.3) is 5.91 Å². The van der Waals surface area contributed by atoms with Gasteiger partial charge in [-0.1, -0.05) is 32.0 Å². The standard InChI is InChI=1S/C25H31N3O3/c1-5-27(6-2)20-11-9-19(10-12-20)23-22(21(29)14-17(3)4)24(30)25(31)28(23)16-18-8-7-13-26-15-18/h7-13,15,17,23,30H,5-6,14,16H2,1-4H3. The fourth-order valence-electron chi connectivity index (χ4n) is 4.07. The van der Waals surface area contributed by atoms with Crippen molar-refractivity contribution in [1.82, 2.24) is 9.88 Å². The second-order valence-corrected chi connectivity index (χ2v) is 8.24. The lowest BCUT2D eigenvalue weighted by molar-refractivity contribution is -0.130. The normalized spacial score (nSPS) is 16.4. The lowest BCUT2D eigenvalue weighted by Crippen LogP contribution is -2.31. The van der Waals surface area contributed by atoms with E-state index in [1.54, 1.807) is 17.3 Å². The van der Waals surface area contributed by atoms with Crippen molar-refractivity contribution >= 4 is 17.4 Å². The van der Waals surface area contributed by atoms with Gasteiger partial charge < -0.3 is 14.9 Å². The maximum absolute atomic E-state index is 13.0. The summed E-state index contributed by atoms with van der Waals surface area (Å²) in [6, 6.07) is 11.0. The molecule has 2 aromatic rings. The minimum absolute atomic E-state index is 0.126. The third-order valence-corrected chi connectivity index (χ3v) is 5.61. The number of hydrogen-bond acceptors (Lipinski definition) is 5. The van der Waals surface area contributed by atoms with Crippen LogP contribution in [0.3, 0.4) is 0 Å². The second kappa shape index (κ2) is 9.77. The molecule has 1 atom stereocenters. The summed E-state index contributed by atoms with van der Waals surface area (Å²) in [7, 11) is 0. The highest BCUT2D eigenvalue weighted by molar-refractivity contribution is 6.09. The van der Waals surface area contributed by atoms with Gasteiger partial charge >= 0.3 is 0 Å². The van der Waals surface area contributed by atoms with Crippen LogP contribution < -0.4 is 4.90 Å². The molecule has 31 heavy (non-hydrogen) atoms. The fraction of sp³-hybridized carbons (Fsp3) is 0.400. The summed E-state index contributed by atoms with van der Waals surface area (Å²) in [4.78, 5) is 34.0. The summed E-state index contributed by atoms with van der Waals surface area (Å²) < 4.78 is 0. The van der Waals surface area contributed by atoms with E-state index >= 15 is 0 Å². The number of Topliss-reactive ketones (excluding diaryl/α,β-unsaturated/α-hetero) is 1. The minimum Gasteiger partial charge on any atom is -0.503 e. The summed E-state index contributed by atoms with van der Waals surface area (Å²) in [5.74, 6) is -1.02. The molecule has 1 aliphatic heterocycles. The SMILES string of the molecule is CCN(CC)c1ccc(C2C(C(=O)CC(C)C)=C(O)C(=O)N2Cc2cccnc2)cc1. The van der Waals surface area contributed by atoms with E-state index in [1.807, 2.05) is 50.2 Å². The Labute approximate surface area is 184 Å². The number of anilines is 1. The molecule has 1 amide bonds. The van der Waals surface area contributed by atoms with E-state index < -0.39 is 17.7 Å². The molecular formula is C25H31N3O3. The van der Waals surface area contributed by atoms with Crippen LogP contribution in [0.2, 0.25) is 0 Å². The van der Waals surface area contributed by atoms with Crippen molar-refractivity contribution in [2.45, 2.75) is 46.7 Å². The van der Waals surface area contributed by atoms with Crippen LogP contribution in [0.5, 0.6) is 0 Å². The quantitative estimate of drug-likeness (QED) is 0.648. The van der Waals surface area contributed by atoms with Gasteiger partial charge in [-0.15, -0.1) is 0 Å². The molecule has 6 heteroatoms. The number of benzene rings is 1. The molecule has 0 bridgehead atoms. The maximum Gasteiger partial charge on any atom is 0.290 e. The molecule has 1 N–H and O–H groups in total. The fourth-order valence-corrected chi connectivity index (χ4v) is 4.07. The van der Waals surface area contributed by atoms with Gasteiger partial charge in [0.15, 0.2) is 11.5 Å². The zero-order chi connectivity index (χ0) is 22.5. The van der Waals surface area contributed by atoms with E-state index in [1.165, 1.54) is 0 Å². The van der Waals surface area contributed by atoms with E-state index in [0.29, 0.717) is 0 Å². The molecule has 1 aromatic carbocycles. The average Bonchev–Trinajstić information content (AvgIpc) is 3.00. The first kappa shape index (κ1) is 22.5. The van der Waals surface area contributed by atoms with E-state index in [2.05, 4.69) is 23.7 Å². The van der Waals surface area contributed by atoms with Crippen LogP contribution in [-0.2, 0) is 16.1 Å². The zero-order valence-corrected chi connectivity index (χ0v) is 18.7. The number of hydrogen-bond donors (Lipinski definition) is 1. The van der Waals surface area contributed by atoms with Crippen LogP contribution in [0, 0.1) is 5.92 Å². The molecule has 0 saturated heterocycles. The number of ketones is 1.